The summed E-state index contributed by atoms with van der Waals surface area (Å²) in [4.78, 5) is 25.0. The molecule has 1 heterocycles. The van der Waals surface area contributed by atoms with Crippen molar-refractivity contribution in [2.45, 2.75) is 6.92 Å². The van der Waals surface area contributed by atoms with Crippen molar-refractivity contribution in [1.82, 2.24) is 0 Å². The van der Waals surface area contributed by atoms with Crippen molar-refractivity contribution in [1.29, 1.82) is 0 Å². The number of halogens is 1. The zero-order chi connectivity index (χ0) is 22.7. The number of rotatable bonds is 6. The number of aryl methyl sites for hydroxylation is 1. The lowest BCUT2D eigenvalue weighted by molar-refractivity contribution is -0.134. The van der Waals surface area contributed by atoms with Crippen LogP contribution in [-0.2, 0) is 9.53 Å². The molecule has 4 rings (SSSR count). The Morgan fingerprint density at radius 2 is 1.78 bits per heavy atom. The van der Waals surface area contributed by atoms with Crippen LogP contribution in [0.2, 0.25) is 0 Å². The zero-order valence-electron chi connectivity index (χ0n) is 17.4. The fourth-order valence-electron chi connectivity index (χ4n) is 3.26. The minimum Gasteiger partial charge on any atom is -0.466 e. The number of esters is 1. The average molecular weight is 446 g/mol. The summed E-state index contributed by atoms with van der Waals surface area (Å²) >= 11 is 1.20. The Kier molecular flexibility index (Phi) is 6.14. The summed E-state index contributed by atoms with van der Waals surface area (Å²) in [5.74, 6) is -0.0658. The van der Waals surface area contributed by atoms with Crippen molar-refractivity contribution in [3.63, 3.8) is 0 Å². The Morgan fingerprint density at radius 3 is 2.50 bits per heavy atom. The van der Waals surface area contributed by atoms with E-state index in [0.717, 1.165) is 11.1 Å². The molecule has 6 heteroatoms. The number of carbonyl (C=O) groups is 2. The lowest BCUT2D eigenvalue weighted by Crippen LogP contribution is -2.00. The highest BCUT2D eigenvalue weighted by Crippen LogP contribution is 2.42. The van der Waals surface area contributed by atoms with Crippen LogP contribution in [0.25, 0.3) is 16.2 Å². The summed E-state index contributed by atoms with van der Waals surface area (Å²) < 4.78 is 25.3. The zero-order valence-corrected chi connectivity index (χ0v) is 18.2. The highest BCUT2D eigenvalue weighted by atomic mass is 32.1. The van der Waals surface area contributed by atoms with E-state index in [1.165, 1.54) is 36.7 Å². The van der Waals surface area contributed by atoms with E-state index in [1.54, 1.807) is 42.5 Å². The van der Waals surface area contributed by atoms with Gasteiger partial charge in [0.25, 0.3) is 0 Å². The Bertz CT molecular complexity index is 1340. The van der Waals surface area contributed by atoms with Crippen LogP contribution in [0, 0.1) is 12.7 Å². The lowest BCUT2D eigenvalue weighted by atomic mass is 10.1. The second-order valence-electron chi connectivity index (χ2n) is 7.07. The highest BCUT2D eigenvalue weighted by Gasteiger charge is 2.22. The van der Waals surface area contributed by atoms with Crippen molar-refractivity contribution in [3.8, 4) is 11.5 Å². The molecule has 3 aromatic carbocycles. The van der Waals surface area contributed by atoms with Gasteiger partial charge < -0.3 is 9.47 Å². The van der Waals surface area contributed by atoms with Crippen LogP contribution in [0.3, 0.4) is 0 Å². The van der Waals surface area contributed by atoms with Gasteiger partial charge in [0.1, 0.15) is 16.4 Å². The Hall–Kier alpha value is -3.77. The maximum absolute atomic E-state index is 13.8. The third-order valence-corrected chi connectivity index (χ3v) is 6.04. The van der Waals surface area contributed by atoms with Gasteiger partial charge in [0.05, 0.1) is 7.11 Å². The minimum absolute atomic E-state index is 0.184. The van der Waals surface area contributed by atoms with E-state index in [-0.39, 0.29) is 11.6 Å². The molecule has 160 valence electrons. The first-order valence-electron chi connectivity index (χ1n) is 9.82. The molecule has 0 fully saturated rings. The van der Waals surface area contributed by atoms with E-state index in [9.17, 15) is 14.0 Å². The summed E-state index contributed by atoms with van der Waals surface area (Å²) in [6, 6.07) is 18.7. The molecule has 1 aromatic heterocycles. The van der Waals surface area contributed by atoms with E-state index < -0.39 is 5.97 Å². The van der Waals surface area contributed by atoms with Crippen LogP contribution in [0.4, 0.5) is 4.39 Å². The molecule has 0 bridgehead atoms. The van der Waals surface area contributed by atoms with Crippen LogP contribution >= 0.6 is 11.3 Å². The molecule has 0 unspecified atom stereocenters. The lowest BCUT2D eigenvalue weighted by Gasteiger charge is -2.10. The summed E-state index contributed by atoms with van der Waals surface area (Å²) in [6.07, 6.45) is 3.01. The first kappa shape index (κ1) is 21.5. The topological polar surface area (TPSA) is 52.6 Å². The van der Waals surface area contributed by atoms with Gasteiger partial charge in [-0.15, -0.1) is 11.3 Å². The third kappa shape index (κ3) is 4.45. The van der Waals surface area contributed by atoms with Crippen molar-refractivity contribution >= 4 is 39.3 Å². The van der Waals surface area contributed by atoms with Gasteiger partial charge in [0.15, 0.2) is 5.75 Å². The van der Waals surface area contributed by atoms with Crippen LogP contribution in [0.15, 0.2) is 72.8 Å². The minimum atomic E-state index is -0.439. The van der Waals surface area contributed by atoms with E-state index in [1.807, 2.05) is 25.1 Å². The highest BCUT2D eigenvalue weighted by molar-refractivity contribution is 7.21. The van der Waals surface area contributed by atoms with Crippen molar-refractivity contribution < 1.29 is 23.5 Å². The summed E-state index contributed by atoms with van der Waals surface area (Å²) in [6.45, 7) is 1.89. The molecule has 0 aliphatic rings. The molecule has 0 aliphatic heterocycles. The molecule has 4 aromatic rings. The van der Waals surface area contributed by atoms with E-state index >= 15 is 0 Å². The second kappa shape index (κ2) is 9.16. The molecule has 0 radical (unpaired) electrons. The van der Waals surface area contributed by atoms with Gasteiger partial charge >= 0.3 is 5.97 Å². The number of thiophene rings is 1. The molecule has 0 saturated heterocycles. The molecule has 0 spiro atoms. The SMILES string of the molecule is COC(=O)/C=C/c1ccc(Oc2c(C(=O)c3ccccc3)sc3cc(F)ccc23)cc1C. The molecular weight excluding hydrogens is 427 g/mol. The number of benzene rings is 3. The number of ketones is 1. The molecule has 0 atom stereocenters. The molecular formula is C26H19FO4S. The molecule has 4 nitrogen and oxygen atoms in total. The Labute approximate surface area is 188 Å². The van der Waals surface area contributed by atoms with E-state index in [4.69, 9.17) is 4.74 Å². The van der Waals surface area contributed by atoms with Gasteiger partial charge in [-0.05, 0) is 54.5 Å². The molecule has 0 aliphatic carbocycles. The summed E-state index contributed by atoms with van der Waals surface area (Å²) in [7, 11) is 1.32. The van der Waals surface area contributed by atoms with E-state index in [0.29, 0.717) is 32.0 Å². The fraction of sp³-hybridized carbons (Fsp3) is 0.0769. The van der Waals surface area contributed by atoms with Gasteiger partial charge in [0, 0.05) is 21.7 Å². The number of ether oxygens (including phenoxy) is 2. The van der Waals surface area contributed by atoms with Gasteiger partial charge in [-0.3, -0.25) is 4.79 Å². The van der Waals surface area contributed by atoms with Gasteiger partial charge in [-0.2, -0.15) is 0 Å². The number of carbonyl (C=O) groups excluding carboxylic acids is 2. The van der Waals surface area contributed by atoms with Crippen LogP contribution in [0.1, 0.15) is 26.4 Å². The smallest absolute Gasteiger partial charge is 0.330 e. The van der Waals surface area contributed by atoms with Crippen LogP contribution < -0.4 is 4.74 Å². The monoisotopic (exact) mass is 446 g/mol. The second-order valence-corrected chi connectivity index (χ2v) is 8.13. The maximum atomic E-state index is 13.8. The first-order valence-corrected chi connectivity index (χ1v) is 10.6. The fourth-order valence-corrected chi connectivity index (χ4v) is 4.38. The predicted molar refractivity (Wildman–Crippen MR) is 124 cm³/mol. The Morgan fingerprint density at radius 1 is 1.00 bits per heavy atom. The summed E-state index contributed by atoms with van der Waals surface area (Å²) in [5.41, 5.74) is 2.24. The van der Waals surface area contributed by atoms with Crippen molar-refractivity contribution in [2.24, 2.45) is 0 Å². The van der Waals surface area contributed by atoms with Gasteiger partial charge in [0.2, 0.25) is 5.78 Å². The number of hydrogen-bond donors (Lipinski definition) is 0. The van der Waals surface area contributed by atoms with Gasteiger partial charge in [-0.1, -0.05) is 36.4 Å². The quantitative estimate of drug-likeness (QED) is 0.191. The van der Waals surface area contributed by atoms with Crippen molar-refractivity contribution in [3.05, 3.63) is 100 Å². The average Bonchev–Trinajstić information content (AvgIpc) is 3.15. The van der Waals surface area contributed by atoms with Crippen LogP contribution in [0.5, 0.6) is 11.5 Å². The number of hydrogen-bond acceptors (Lipinski definition) is 5. The first-order chi connectivity index (χ1) is 15.5. The summed E-state index contributed by atoms with van der Waals surface area (Å²) in [5, 5.41) is 0.669. The maximum Gasteiger partial charge on any atom is 0.330 e. The van der Waals surface area contributed by atoms with Gasteiger partial charge in [-0.25, -0.2) is 9.18 Å². The van der Waals surface area contributed by atoms with Crippen LogP contribution in [-0.4, -0.2) is 18.9 Å². The normalized spacial score (nSPS) is 11.1. The molecule has 0 saturated carbocycles. The number of methoxy groups -OCH3 is 1. The molecule has 0 N–H and O–H groups in total. The molecule has 0 amide bonds. The van der Waals surface area contributed by atoms with Crippen molar-refractivity contribution in [2.75, 3.05) is 7.11 Å². The predicted octanol–water partition coefficient (Wildman–Crippen LogP) is 6.56. The molecule has 32 heavy (non-hydrogen) atoms. The standard InChI is InChI=1S/C26H19FO4S/c1-16-14-20(11-8-17(16)9-13-23(28)30-2)31-25-21-12-10-19(27)15-22(21)32-26(25)24(29)18-6-4-3-5-7-18/h3-15H,1-2H3/b13-9+. The third-order valence-electron chi connectivity index (χ3n) is 4.91. The largest absolute Gasteiger partial charge is 0.466 e. The Balaban J connectivity index is 1.74. The number of fused-ring (bicyclic) bond motifs is 1. The van der Waals surface area contributed by atoms with E-state index in [2.05, 4.69) is 4.74 Å².